The Kier molecular flexibility index (Phi) is 6.27. The Hall–Kier alpha value is -2.73. The van der Waals surface area contributed by atoms with Gasteiger partial charge in [0.2, 0.25) is 0 Å². The van der Waals surface area contributed by atoms with Crippen LogP contribution in [0.25, 0.3) is 0 Å². The van der Waals surface area contributed by atoms with E-state index in [9.17, 15) is 14.7 Å². The number of methoxy groups -OCH3 is 1. The number of halogens is 1. The molecule has 0 aromatic heterocycles. The van der Waals surface area contributed by atoms with Crippen LogP contribution in [-0.4, -0.2) is 42.3 Å². The second kappa shape index (κ2) is 8.56. The van der Waals surface area contributed by atoms with Crippen molar-refractivity contribution in [2.75, 3.05) is 20.2 Å². The van der Waals surface area contributed by atoms with Crippen molar-refractivity contribution in [2.45, 2.75) is 33.1 Å². The van der Waals surface area contributed by atoms with Gasteiger partial charge in [-0.05, 0) is 53.3 Å². The summed E-state index contributed by atoms with van der Waals surface area (Å²) in [6, 6.07) is 10.6. The summed E-state index contributed by atoms with van der Waals surface area (Å²) >= 11 is 6.28. The molecule has 2 aromatic rings. The smallest absolute Gasteiger partial charge is 0.407 e. The van der Waals surface area contributed by atoms with Gasteiger partial charge in [-0.1, -0.05) is 38.4 Å². The van der Waals surface area contributed by atoms with E-state index in [0.717, 1.165) is 11.1 Å². The zero-order valence-corrected chi connectivity index (χ0v) is 18.3. The van der Waals surface area contributed by atoms with Crippen molar-refractivity contribution in [3.05, 3.63) is 58.1 Å². The zero-order chi connectivity index (χ0) is 22.1. The number of nitrogens with zero attached hydrogens (tertiary/aromatic N) is 1. The van der Waals surface area contributed by atoms with Crippen molar-refractivity contribution in [1.29, 1.82) is 0 Å². The van der Waals surface area contributed by atoms with Gasteiger partial charge in [-0.25, -0.2) is 9.59 Å². The molecule has 1 heterocycles. The van der Waals surface area contributed by atoms with Crippen molar-refractivity contribution in [1.82, 2.24) is 4.90 Å². The van der Waals surface area contributed by atoms with E-state index in [4.69, 9.17) is 21.1 Å². The number of hydrogen-bond donors (Lipinski definition) is 1. The molecule has 1 aliphatic rings. The first-order chi connectivity index (χ1) is 14.1. The number of esters is 1. The Labute approximate surface area is 181 Å². The number of amides is 1. The summed E-state index contributed by atoms with van der Waals surface area (Å²) in [5.41, 5.74) is 2.46. The van der Waals surface area contributed by atoms with Crippen LogP contribution in [0.2, 0.25) is 5.02 Å². The average molecular weight is 432 g/mol. The lowest BCUT2D eigenvalue weighted by molar-refractivity contribution is 0.0600. The Morgan fingerprint density at radius 1 is 1.17 bits per heavy atom. The quantitative estimate of drug-likeness (QED) is 0.641. The van der Waals surface area contributed by atoms with E-state index in [0.29, 0.717) is 41.6 Å². The molecule has 6 nitrogen and oxygen atoms in total. The number of carboxylic acid groups (broad SMARTS) is 1. The largest absolute Gasteiger partial charge is 0.465 e. The van der Waals surface area contributed by atoms with Crippen molar-refractivity contribution in [3.63, 3.8) is 0 Å². The second-order valence-electron chi connectivity index (χ2n) is 8.50. The van der Waals surface area contributed by atoms with Crippen LogP contribution in [-0.2, 0) is 11.2 Å². The van der Waals surface area contributed by atoms with E-state index in [1.165, 1.54) is 18.1 Å². The van der Waals surface area contributed by atoms with E-state index < -0.39 is 12.1 Å². The van der Waals surface area contributed by atoms with Crippen LogP contribution in [0.4, 0.5) is 4.79 Å². The molecule has 0 saturated carbocycles. The first-order valence-corrected chi connectivity index (χ1v) is 10.1. The molecule has 2 aromatic carbocycles. The van der Waals surface area contributed by atoms with Crippen LogP contribution in [0.5, 0.6) is 11.5 Å². The lowest BCUT2D eigenvalue weighted by atomic mass is 9.75. The minimum Gasteiger partial charge on any atom is -0.465 e. The van der Waals surface area contributed by atoms with Gasteiger partial charge in [-0.15, -0.1) is 0 Å². The Balaban J connectivity index is 1.91. The number of carbonyl (C=O) groups is 2. The third kappa shape index (κ3) is 4.70. The van der Waals surface area contributed by atoms with Gasteiger partial charge in [0.15, 0.2) is 0 Å². The maximum Gasteiger partial charge on any atom is 0.407 e. The predicted molar refractivity (Wildman–Crippen MR) is 115 cm³/mol. The van der Waals surface area contributed by atoms with Crippen LogP contribution >= 0.6 is 11.6 Å². The Morgan fingerprint density at radius 3 is 2.50 bits per heavy atom. The molecule has 1 amide bonds. The van der Waals surface area contributed by atoms with Crippen LogP contribution in [0.3, 0.4) is 0 Å². The van der Waals surface area contributed by atoms with Crippen molar-refractivity contribution >= 4 is 23.7 Å². The number of benzene rings is 2. The average Bonchev–Trinajstić information content (AvgIpc) is 2.88. The molecule has 1 N–H and O–H groups in total. The summed E-state index contributed by atoms with van der Waals surface area (Å²) in [6.07, 6.45) is -0.286. The van der Waals surface area contributed by atoms with Crippen molar-refractivity contribution in [3.8, 4) is 11.5 Å². The number of carbonyl (C=O) groups excluding carboxylic acids is 1. The highest BCUT2D eigenvalue weighted by Gasteiger charge is 2.33. The topological polar surface area (TPSA) is 76.1 Å². The Bertz CT molecular complexity index is 967. The van der Waals surface area contributed by atoms with Crippen LogP contribution in [0.15, 0.2) is 36.4 Å². The molecule has 30 heavy (non-hydrogen) atoms. The maximum atomic E-state index is 11.6. The molecule has 0 fully saturated rings. The number of ether oxygens (including phenoxy) is 2. The first kappa shape index (κ1) is 22.0. The van der Waals surface area contributed by atoms with Gasteiger partial charge in [0.25, 0.3) is 0 Å². The second-order valence-corrected chi connectivity index (χ2v) is 8.90. The molecule has 1 unspecified atom stereocenters. The highest BCUT2D eigenvalue weighted by molar-refractivity contribution is 6.32. The summed E-state index contributed by atoms with van der Waals surface area (Å²) in [7, 11) is 1.31. The summed E-state index contributed by atoms with van der Waals surface area (Å²) in [6.45, 7) is 7.28. The molecular weight excluding hydrogens is 406 g/mol. The summed E-state index contributed by atoms with van der Waals surface area (Å²) < 4.78 is 10.7. The molecule has 7 heteroatoms. The standard InChI is InChI=1S/C23H26ClNO5/c1-23(2,3)18-13-25(22(27)28)10-9-14-11-16(6-7-17(14)18)30-20-8-5-15(12-19(20)24)21(26)29-4/h5-8,11-12,18H,9-10,13H2,1-4H3,(H,27,28). The van der Waals surface area contributed by atoms with E-state index in [-0.39, 0.29) is 11.3 Å². The number of rotatable bonds is 3. The molecular formula is C23H26ClNO5. The van der Waals surface area contributed by atoms with E-state index in [2.05, 4.69) is 20.8 Å². The van der Waals surface area contributed by atoms with Gasteiger partial charge in [-0.2, -0.15) is 0 Å². The molecule has 0 saturated heterocycles. The summed E-state index contributed by atoms with van der Waals surface area (Å²) in [5.74, 6) is 0.642. The van der Waals surface area contributed by atoms with Crippen LogP contribution < -0.4 is 4.74 Å². The molecule has 160 valence electrons. The van der Waals surface area contributed by atoms with Crippen molar-refractivity contribution in [2.24, 2.45) is 5.41 Å². The van der Waals surface area contributed by atoms with Gasteiger partial charge in [-0.3, -0.25) is 0 Å². The van der Waals surface area contributed by atoms with Gasteiger partial charge in [0, 0.05) is 19.0 Å². The van der Waals surface area contributed by atoms with Crippen LogP contribution in [0.1, 0.15) is 48.2 Å². The normalized spacial score (nSPS) is 16.4. The lowest BCUT2D eigenvalue weighted by Gasteiger charge is -2.33. The van der Waals surface area contributed by atoms with E-state index in [1.807, 2.05) is 18.2 Å². The molecule has 0 aliphatic carbocycles. The molecule has 0 spiro atoms. The lowest BCUT2D eigenvalue weighted by Crippen LogP contribution is -2.36. The van der Waals surface area contributed by atoms with Gasteiger partial charge >= 0.3 is 12.1 Å². The third-order valence-corrected chi connectivity index (χ3v) is 5.74. The number of fused-ring (bicyclic) bond motifs is 1. The van der Waals surface area contributed by atoms with E-state index >= 15 is 0 Å². The van der Waals surface area contributed by atoms with E-state index in [1.54, 1.807) is 12.1 Å². The zero-order valence-electron chi connectivity index (χ0n) is 17.6. The monoisotopic (exact) mass is 431 g/mol. The Morgan fingerprint density at radius 2 is 1.90 bits per heavy atom. The SMILES string of the molecule is COC(=O)c1ccc(Oc2ccc3c(c2)CCN(C(=O)O)CC3C(C)(C)C)c(Cl)c1. The molecule has 3 rings (SSSR count). The minimum atomic E-state index is -0.897. The highest BCUT2D eigenvalue weighted by Crippen LogP contribution is 2.41. The van der Waals surface area contributed by atoms with Gasteiger partial charge < -0.3 is 19.5 Å². The molecule has 0 bridgehead atoms. The minimum absolute atomic E-state index is 0.0723. The fourth-order valence-corrected chi connectivity index (χ4v) is 3.96. The fourth-order valence-electron chi connectivity index (χ4n) is 3.74. The predicted octanol–water partition coefficient (Wildman–Crippen LogP) is 5.58. The van der Waals surface area contributed by atoms with Gasteiger partial charge in [0.1, 0.15) is 11.5 Å². The molecule has 1 aliphatic heterocycles. The van der Waals surface area contributed by atoms with Crippen LogP contribution in [0, 0.1) is 5.41 Å². The maximum absolute atomic E-state index is 11.6. The van der Waals surface area contributed by atoms with Crippen molar-refractivity contribution < 1.29 is 24.2 Å². The first-order valence-electron chi connectivity index (χ1n) is 9.76. The third-order valence-electron chi connectivity index (χ3n) is 5.44. The molecule has 1 atom stereocenters. The highest BCUT2D eigenvalue weighted by atomic mass is 35.5. The number of hydrogen-bond acceptors (Lipinski definition) is 4. The molecule has 0 radical (unpaired) electrons. The van der Waals surface area contributed by atoms with Gasteiger partial charge in [0.05, 0.1) is 17.7 Å². The summed E-state index contributed by atoms with van der Waals surface area (Å²) in [4.78, 5) is 24.8. The summed E-state index contributed by atoms with van der Waals surface area (Å²) in [5, 5.41) is 9.84. The fraction of sp³-hybridized carbons (Fsp3) is 0.391.